The Morgan fingerprint density at radius 3 is 2.53 bits per heavy atom. The molecule has 0 saturated heterocycles. The molecule has 0 bridgehead atoms. The molecule has 0 fully saturated rings. The van der Waals surface area contributed by atoms with Gasteiger partial charge in [-0.25, -0.2) is 4.98 Å². The maximum Gasteiger partial charge on any atom is 0.270 e. The van der Waals surface area contributed by atoms with Gasteiger partial charge in [-0.15, -0.1) is 0 Å². The van der Waals surface area contributed by atoms with Crippen LogP contribution in [0.15, 0.2) is 72.9 Å². The van der Waals surface area contributed by atoms with Gasteiger partial charge in [0.2, 0.25) is 11.8 Å². The average molecular weight is 406 g/mol. The number of non-ortho nitro benzene ring substituents is 1. The summed E-state index contributed by atoms with van der Waals surface area (Å²) in [5.41, 5.74) is 1.35. The van der Waals surface area contributed by atoms with E-state index in [0.717, 1.165) is 11.6 Å². The van der Waals surface area contributed by atoms with Crippen LogP contribution in [-0.2, 0) is 11.4 Å². The van der Waals surface area contributed by atoms with Gasteiger partial charge in [-0.3, -0.25) is 19.7 Å². The molecule has 9 nitrogen and oxygen atoms in total. The van der Waals surface area contributed by atoms with Gasteiger partial charge in [-0.05, 0) is 17.7 Å². The molecule has 0 spiro atoms. The maximum atomic E-state index is 12.1. The predicted molar refractivity (Wildman–Crippen MR) is 109 cm³/mol. The van der Waals surface area contributed by atoms with Gasteiger partial charge in [0.15, 0.2) is 0 Å². The van der Waals surface area contributed by atoms with E-state index in [2.05, 4.69) is 15.6 Å². The molecule has 3 rings (SSSR count). The van der Waals surface area contributed by atoms with E-state index in [0.29, 0.717) is 18.2 Å². The smallest absolute Gasteiger partial charge is 0.270 e. The Balaban J connectivity index is 1.47. The fourth-order valence-corrected chi connectivity index (χ4v) is 2.50. The lowest BCUT2D eigenvalue weighted by Gasteiger charge is -2.08. The molecular weight excluding hydrogens is 388 g/mol. The normalized spacial score (nSPS) is 10.1. The highest BCUT2D eigenvalue weighted by atomic mass is 16.6. The molecule has 0 aliphatic heterocycles. The minimum absolute atomic E-state index is 0.0959. The lowest BCUT2D eigenvalue weighted by atomic mass is 10.2. The molecule has 0 unspecified atom stereocenters. The first-order valence-electron chi connectivity index (χ1n) is 8.96. The van der Waals surface area contributed by atoms with Crippen LogP contribution in [0, 0.1) is 10.1 Å². The summed E-state index contributed by atoms with van der Waals surface area (Å²) in [6.07, 6.45) is 1.45. The monoisotopic (exact) mass is 406 g/mol. The number of nitrogens with one attached hydrogen (secondary N) is 2. The Morgan fingerprint density at radius 2 is 1.83 bits per heavy atom. The second-order valence-corrected chi connectivity index (χ2v) is 6.20. The Labute approximate surface area is 171 Å². The number of aromatic nitrogens is 1. The Hall–Kier alpha value is -4.27. The summed E-state index contributed by atoms with van der Waals surface area (Å²) in [6, 6.07) is 18.2. The number of anilines is 1. The van der Waals surface area contributed by atoms with E-state index in [1.54, 1.807) is 12.1 Å². The molecule has 152 valence electrons. The number of benzene rings is 2. The van der Waals surface area contributed by atoms with Gasteiger partial charge in [-0.1, -0.05) is 36.4 Å². The van der Waals surface area contributed by atoms with Crippen LogP contribution < -0.4 is 15.4 Å². The van der Waals surface area contributed by atoms with Gasteiger partial charge in [0.25, 0.3) is 11.6 Å². The highest BCUT2D eigenvalue weighted by Gasteiger charge is 2.12. The van der Waals surface area contributed by atoms with Crippen LogP contribution in [0.1, 0.15) is 15.9 Å². The number of hydrogen-bond acceptors (Lipinski definition) is 6. The number of pyridine rings is 1. The van der Waals surface area contributed by atoms with Crippen molar-refractivity contribution in [2.75, 3.05) is 11.9 Å². The Bertz CT molecular complexity index is 1040. The highest BCUT2D eigenvalue weighted by molar-refractivity contribution is 5.99. The average Bonchev–Trinajstić information content (AvgIpc) is 2.78. The molecule has 0 aliphatic carbocycles. The van der Waals surface area contributed by atoms with Gasteiger partial charge in [-0.2, -0.15) is 0 Å². The summed E-state index contributed by atoms with van der Waals surface area (Å²) < 4.78 is 5.58. The number of nitrogens with zero attached hydrogens (tertiary/aromatic N) is 2. The summed E-state index contributed by atoms with van der Waals surface area (Å²) in [5.74, 6) is -0.638. The maximum absolute atomic E-state index is 12.1. The zero-order chi connectivity index (χ0) is 21.3. The van der Waals surface area contributed by atoms with E-state index < -0.39 is 16.7 Å². The van der Waals surface area contributed by atoms with Gasteiger partial charge >= 0.3 is 0 Å². The third kappa shape index (κ3) is 5.86. The number of carbonyl (C=O) groups is 2. The predicted octanol–water partition coefficient (Wildman–Crippen LogP) is 2.94. The van der Waals surface area contributed by atoms with E-state index >= 15 is 0 Å². The molecule has 0 saturated carbocycles. The van der Waals surface area contributed by atoms with Crippen LogP contribution in [0.5, 0.6) is 5.88 Å². The van der Waals surface area contributed by atoms with Crippen LogP contribution in [0.25, 0.3) is 0 Å². The topological polar surface area (TPSA) is 123 Å². The number of ether oxygens (including phenoxy) is 1. The molecule has 2 aromatic carbocycles. The fraction of sp³-hybridized carbons (Fsp3) is 0.0952. The van der Waals surface area contributed by atoms with Crippen molar-refractivity contribution in [2.45, 2.75) is 6.61 Å². The van der Waals surface area contributed by atoms with Crippen molar-refractivity contribution in [1.82, 2.24) is 10.3 Å². The van der Waals surface area contributed by atoms with E-state index in [-0.39, 0.29) is 17.8 Å². The number of rotatable bonds is 8. The standard InChI is InChI=1S/C21H18N4O5/c26-19(13-23-21(27)16-7-4-8-18(11-16)25(28)29)24-17-9-10-20(22-12-17)30-14-15-5-2-1-3-6-15/h1-12H,13-14H2,(H,23,27)(H,24,26). The van der Waals surface area contributed by atoms with E-state index in [9.17, 15) is 19.7 Å². The Morgan fingerprint density at radius 1 is 1.03 bits per heavy atom. The summed E-state index contributed by atoms with van der Waals surface area (Å²) in [7, 11) is 0. The van der Waals surface area contributed by atoms with Crippen LogP contribution in [0.3, 0.4) is 0 Å². The first-order chi connectivity index (χ1) is 14.5. The first-order valence-corrected chi connectivity index (χ1v) is 8.96. The second-order valence-electron chi connectivity index (χ2n) is 6.20. The van der Waals surface area contributed by atoms with E-state index in [4.69, 9.17) is 4.74 Å². The van der Waals surface area contributed by atoms with Gasteiger partial charge in [0.1, 0.15) is 6.61 Å². The molecule has 30 heavy (non-hydrogen) atoms. The Kier molecular flexibility index (Phi) is 6.67. The van der Waals surface area contributed by atoms with Crippen LogP contribution >= 0.6 is 0 Å². The van der Waals surface area contributed by atoms with Crippen molar-refractivity contribution < 1.29 is 19.2 Å². The SMILES string of the molecule is O=C(CNC(=O)c1cccc([N+](=O)[O-])c1)Nc1ccc(OCc2ccccc2)nc1. The van der Waals surface area contributed by atoms with Gasteiger partial charge in [0, 0.05) is 23.8 Å². The van der Waals surface area contributed by atoms with Crippen molar-refractivity contribution in [1.29, 1.82) is 0 Å². The molecule has 2 amide bonds. The van der Waals surface area contributed by atoms with Crippen molar-refractivity contribution in [2.24, 2.45) is 0 Å². The van der Waals surface area contributed by atoms with E-state index in [1.807, 2.05) is 30.3 Å². The third-order valence-corrected chi connectivity index (χ3v) is 3.98. The minimum atomic E-state index is -0.594. The molecule has 0 aliphatic rings. The molecular formula is C21H18N4O5. The van der Waals surface area contributed by atoms with E-state index in [1.165, 1.54) is 24.4 Å². The molecule has 1 heterocycles. The molecule has 0 atom stereocenters. The van der Waals surface area contributed by atoms with Crippen LogP contribution in [-0.4, -0.2) is 28.3 Å². The number of amides is 2. The molecule has 1 aromatic heterocycles. The quantitative estimate of drug-likeness (QED) is 0.438. The second kappa shape index (κ2) is 9.78. The van der Waals surface area contributed by atoms with Crippen molar-refractivity contribution in [3.63, 3.8) is 0 Å². The fourth-order valence-electron chi connectivity index (χ4n) is 2.50. The summed E-state index contributed by atoms with van der Waals surface area (Å²) in [6.45, 7) is 0.0804. The van der Waals surface area contributed by atoms with Gasteiger partial charge in [0.05, 0.1) is 23.4 Å². The zero-order valence-electron chi connectivity index (χ0n) is 15.8. The number of nitro groups is 1. The van der Waals surface area contributed by atoms with Crippen molar-refractivity contribution in [3.8, 4) is 5.88 Å². The lowest BCUT2D eigenvalue weighted by Crippen LogP contribution is -2.32. The van der Waals surface area contributed by atoms with Crippen molar-refractivity contribution >= 4 is 23.2 Å². The van der Waals surface area contributed by atoms with Crippen LogP contribution in [0.4, 0.5) is 11.4 Å². The highest BCUT2D eigenvalue weighted by Crippen LogP contribution is 2.14. The third-order valence-electron chi connectivity index (χ3n) is 3.98. The van der Waals surface area contributed by atoms with Crippen molar-refractivity contribution in [3.05, 3.63) is 94.2 Å². The lowest BCUT2D eigenvalue weighted by molar-refractivity contribution is -0.384. The number of hydrogen-bond donors (Lipinski definition) is 2. The minimum Gasteiger partial charge on any atom is -0.473 e. The zero-order valence-corrected chi connectivity index (χ0v) is 15.8. The molecule has 3 aromatic rings. The largest absolute Gasteiger partial charge is 0.473 e. The summed E-state index contributed by atoms with van der Waals surface area (Å²) in [5, 5.41) is 15.8. The van der Waals surface area contributed by atoms with Gasteiger partial charge < -0.3 is 15.4 Å². The summed E-state index contributed by atoms with van der Waals surface area (Å²) >= 11 is 0. The molecule has 2 N–H and O–H groups in total. The number of carbonyl (C=O) groups excluding carboxylic acids is 2. The number of nitro benzene ring substituents is 1. The first kappa shape index (κ1) is 20.5. The molecule has 0 radical (unpaired) electrons. The summed E-state index contributed by atoms with van der Waals surface area (Å²) in [4.78, 5) is 38.4. The van der Waals surface area contributed by atoms with Crippen LogP contribution in [0.2, 0.25) is 0 Å². The molecule has 9 heteroatoms.